The quantitative estimate of drug-likeness (QED) is 0.141. The largest absolute Gasteiger partial charge is 1.00 e. The first-order chi connectivity index (χ1) is 15.7. The molecule has 0 heterocycles. The molecule has 7 nitrogen and oxygen atoms in total. The van der Waals surface area contributed by atoms with E-state index in [1.54, 1.807) is 24.3 Å². The third-order valence-corrected chi connectivity index (χ3v) is 6.43. The maximum Gasteiger partial charge on any atom is 1.00 e. The minimum atomic E-state index is -4.30. The normalized spacial score (nSPS) is 11.0. The number of benzene rings is 2. The molecule has 0 saturated heterocycles. The zero-order valence-electron chi connectivity index (χ0n) is 22.5. The van der Waals surface area contributed by atoms with E-state index >= 15 is 0 Å². The van der Waals surface area contributed by atoms with Crippen molar-refractivity contribution in [3.05, 3.63) is 59.7 Å². The summed E-state index contributed by atoms with van der Waals surface area (Å²) in [5.41, 5.74) is 2.14. The maximum absolute atomic E-state index is 10.7. The van der Waals surface area contributed by atoms with Crippen LogP contribution in [-0.4, -0.2) is 31.4 Å². The van der Waals surface area contributed by atoms with Crippen molar-refractivity contribution in [3.63, 3.8) is 0 Å². The fourth-order valence-corrected chi connectivity index (χ4v) is 3.35. The Balaban J connectivity index is -0.000000102. The Bertz CT molecular complexity index is 1040. The Kier molecular flexibility index (Phi) is 46.3. The Morgan fingerprint density at radius 2 is 1.08 bits per heavy atom. The Morgan fingerprint density at radius 1 is 0.842 bits per heavy atom. The molecule has 18 heteroatoms. The van der Waals surface area contributed by atoms with E-state index in [1.165, 1.54) is 24.3 Å². The third-order valence-electron chi connectivity index (χ3n) is 4.71. The first kappa shape index (κ1) is 55.3. The van der Waals surface area contributed by atoms with Crippen LogP contribution in [0.15, 0.2) is 58.3 Å². The van der Waals surface area contributed by atoms with Gasteiger partial charge in [0.25, 0.3) is 10.1 Å². The van der Waals surface area contributed by atoms with Crippen LogP contribution in [0.4, 0.5) is 0 Å². The maximum atomic E-state index is 10.7. The van der Waals surface area contributed by atoms with Gasteiger partial charge in [0.05, 0.1) is 9.79 Å². The monoisotopic (exact) mass is 751 g/mol. The topological polar surface area (TPSA) is 142 Å². The van der Waals surface area contributed by atoms with Crippen LogP contribution in [0.3, 0.4) is 0 Å². The Morgan fingerprint density at radius 3 is 1.26 bits per heavy atom. The summed E-state index contributed by atoms with van der Waals surface area (Å²) in [7, 11) is -8.35. The Hall–Kier alpha value is 4.87. The van der Waals surface area contributed by atoms with E-state index in [-0.39, 0.29) is 169 Å². The van der Waals surface area contributed by atoms with Gasteiger partial charge < -0.3 is 22.3 Å². The minimum absolute atomic E-state index is 0. The van der Waals surface area contributed by atoms with Crippen LogP contribution < -0.4 is 154 Å². The molecule has 0 fully saturated rings. The van der Waals surface area contributed by atoms with Crippen LogP contribution >= 0.6 is 12.7 Å². The summed E-state index contributed by atoms with van der Waals surface area (Å²) in [6.07, 6.45) is 2.58. The molecule has 0 bridgehead atoms. The van der Waals surface area contributed by atoms with Crippen molar-refractivity contribution >= 4 is 80.6 Å². The summed E-state index contributed by atoms with van der Waals surface area (Å²) in [6, 6.07) is 12.4. The van der Waals surface area contributed by atoms with Gasteiger partial charge in [0.1, 0.15) is 10.1 Å². The molecular formula is C20H28K3O7P2S6+. The summed E-state index contributed by atoms with van der Waals surface area (Å²) in [6.45, 7) is 8.84. The summed E-state index contributed by atoms with van der Waals surface area (Å²) < 4.78 is 62.1. The standard InChI is InChI=1S/2C10H14O3S.3K.H2O.HPS2.PS2/c2*1-3-8(2)9-4-6-10(7-5-9)14(11,12)13;;;;;2*2-1-3/h2*4-8H,3H2,1-2H3,(H,11,12,13);;;;1H2;(H,2,3);/q;;3*+1;;;+1/p-3. The Labute approximate surface area is 379 Å². The van der Waals surface area contributed by atoms with Gasteiger partial charge in [0.15, 0.2) is 0 Å². The second-order valence-corrected chi connectivity index (χ2v) is 13.5. The molecule has 38 heavy (non-hydrogen) atoms. The summed E-state index contributed by atoms with van der Waals surface area (Å²) in [5, 5.41) is 0. The van der Waals surface area contributed by atoms with Crippen molar-refractivity contribution in [2.24, 2.45) is 0 Å². The molecule has 198 valence electrons. The van der Waals surface area contributed by atoms with Gasteiger partial charge in [-0.25, -0.2) is 8.42 Å². The smallest absolute Gasteiger partial charge is 0.870 e. The second-order valence-electron chi connectivity index (χ2n) is 6.83. The molecule has 2 aromatic carbocycles. The van der Waals surface area contributed by atoms with Gasteiger partial charge in [-0.2, -0.15) is 15.0 Å². The molecule has 0 aromatic heterocycles. The van der Waals surface area contributed by atoms with Crippen molar-refractivity contribution in [2.75, 3.05) is 0 Å². The van der Waals surface area contributed by atoms with Gasteiger partial charge in [-0.1, -0.05) is 63.8 Å². The molecule has 0 saturated carbocycles. The molecule has 2 rings (SSSR count). The molecule has 0 aliphatic heterocycles. The molecule has 0 aliphatic rings. The van der Waals surface area contributed by atoms with Gasteiger partial charge in [-0.3, -0.25) is 4.55 Å². The summed E-state index contributed by atoms with van der Waals surface area (Å²) in [4.78, 5) is -0.214. The molecule has 0 aliphatic carbocycles. The first-order valence-electron chi connectivity index (χ1n) is 9.76. The predicted octanol–water partition coefficient (Wildman–Crippen LogP) is -2.90. The molecule has 2 N–H and O–H groups in total. The minimum Gasteiger partial charge on any atom is -0.870 e. The van der Waals surface area contributed by atoms with Crippen molar-refractivity contribution in [1.29, 1.82) is 0 Å². The fourth-order valence-electron chi connectivity index (χ4n) is 2.40. The summed E-state index contributed by atoms with van der Waals surface area (Å²) in [5.74, 6) is 0.795. The van der Waals surface area contributed by atoms with Crippen LogP contribution in [-0.2, 0) is 67.9 Å². The molecule has 0 amide bonds. The second kappa shape index (κ2) is 31.8. The zero-order valence-corrected chi connectivity index (χ0v) is 38.5. The van der Waals surface area contributed by atoms with E-state index in [0.717, 1.165) is 24.0 Å². The fraction of sp³-hybridized carbons (Fsp3) is 0.400. The van der Waals surface area contributed by atoms with E-state index in [9.17, 15) is 21.4 Å². The van der Waals surface area contributed by atoms with E-state index in [0.29, 0.717) is 24.5 Å². The molecule has 2 aromatic rings. The van der Waals surface area contributed by atoms with Gasteiger partial charge in [0.2, 0.25) is 0 Å². The average molecular weight is 752 g/mol. The van der Waals surface area contributed by atoms with Crippen LogP contribution in [0.2, 0.25) is 0 Å². The van der Waals surface area contributed by atoms with E-state index < -0.39 is 20.2 Å². The molecule has 2 unspecified atom stereocenters. The number of rotatable bonds is 6. The van der Waals surface area contributed by atoms with Gasteiger partial charge in [-0.15, -0.1) is 0 Å². The van der Waals surface area contributed by atoms with Crippen LogP contribution in [0.1, 0.15) is 63.5 Å². The van der Waals surface area contributed by atoms with E-state index in [1.807, 2.05) is 0 Å². The van der Waals surface area contributed by atoms with Crippen LogP contribution in [0.25, 0.3) is 0 Å². The van der Waals surface area contributed by atoms with Crippen molar-refractivity contribution in [1.82, 2.24) is 0 Å². The van der Waals surface area contributed by atoms with Gasteiger partial charge >= 0.3 is 184 Å². The van der Waals surface area contributed by atoms with E-state index in [2.05, 4.69) is 75.4 Å². The third kappa shape index (κ3) is 27.2. The van der Waals surface area contributed by atoms with Gasteiger partial charge in [0, 0.05) is 0 Å². The predicted molar refractivity (Wildman–Crippen MR) is 153 cm³/mol. The zero-order chi connectivity index (χ0) is 26.9. The van der Waals surface area contributed by atoms with Gasteiger partial charge in [-0.05, 0) is 60.1 Å². The molecule has 0 spiro atoms. The average Bonchev–Trinajstić information content (AvgIpc) is 2.78. The van der Waals surface area contributed by atoms with Crippen LogP contribution in [0, 0.1) is 0 Å². The summed E-state index contributed by atoms with van der Waals surface area (Å²) >= 11 is 16.7. The van der Waals surface area contributed by atoms with Crippen molar-refractivity contribution < 1.29 is 186 Å². The SMILES string of the molecule is CCC(C)c1ccc(S(=O)(=O)O)cc1.CCC(C)c1ccc(S(=O)(=O)[O-])cc1.S=P[S-].S=[P+]=S.[K+].[K+].[K+].[OH-]. The van der Waals surface area contributed by atoms with Crippen molar-refractivity contribution in [2.45, 2.75) is 62.2 Å². The number of hydrogen-bond acceptors (Lipinski definition) is 10. The first-order valence-corrected chi connectivity index (χ1v) is 18.5. The van der Waals surface area contributed by atoms with E-state index in [4.69, 9.17) is 4.55 Å². The van der Waals surface area contributed by atoms with Crippen LogP contribution in [0.5, 0.6) is 0 Å². The number of hydrogen-bond donors (Lipinski definition) is 1. The molecule has 2 atom stereocenters. The molecular weight excluding hydrogens is 724 g/mol. The van der Waals surface area contributed by atoms with Crippen molar-refractivity contribution in [3.8, 4) is 0 Å². The molecule has 0 radical (unpaired) electrons.